The molecule has 0 aromatic heterocycles. The molecule has 2 unspecified atom stereocenters. The quantitative estimate of drug-likeness (QED) is 0.748. The number of nitrogens with zero attached hydrogens (tertiary/aromatic N) is 1. The molecule has 0 spiro atoms. The van der Waals surface area contributed by atoms with Crippen LogP contribution in [-0.4, -0.2) is 54.7 Å². The van der Waals surface area contributed by atoms with Gasteiger partial charge in [0, 0.05) is 20.1 Å². The second kappa shape index (κ2) is 5.67. The Morgan fingerprint density at radius 1 is 1.44 bits per heavy atom. The van der Waals surface area contributed by atoms with Crippen molar-refractivity contribution in [1.82, 2.24) is 15.5 Å². The number of carbonyl (C=O) groups is 2. The average Bonchev–Trinajstić information content (AvgIpc) is 2.24. The van der Waals surface area contributed by atoms with Crippen molar-refractivity contribution >= 4 is 11.9 Å². The molecule has 0 bridgehead atoms. The third kappa shape index (κ3) is 3.96. The molecule has 1 rings (SSSR count). The van der Waals surface area contributed by atoms with Crippen molar-refractivity contribution < 1.29 is 14.3 Å². The van der Waals surface area contributed by atoms with Crippen LogP contribution >= 0.6 is 0 Å². The Morgan fingerprint density at radius 3 is 2.56 bits per heavy atom. The Balaban J connectivity index is 2.63. The molecule has 3 amide bonds. The minimum absolute atomic E-state index is 0.0731. The number of morpholine rings is 1. The van der Waals surface area contributed by atoms with Crippen LogP contribution in [0.5, 0.6) is 0 Å². The van der Waals surface area contributed by atoms with Crippen molar-refractivity contribution in [1.29, 1.82) is 0 Å². The molecule has 6 nitrogen and oxygen atoms in total. The zero-order valence-electron chi connectivity index (χ0n) is 11.7. The first-order chi connectivity index (χ1) is 8.25. The van der Waals surface area contributed by atoms with Gasteiger partial charge in [0.2, 0.25) is 5.91 Å². The fourth-order valence-electron chi connectivity index (χ4n) is 2.24. The zero-order chi connectivity index (χ0) is 13.9. The number of rotatable bonds is 2. The smallest absolute Gasteiger partial charge is 0.321 e. The lowest BCUT2D eigenvalue weighted by atomic mass is 10.0. The van der Waals surface area contributed by atoms with Gasteiger partial charge >= 0.3 is 6.03 Å². The first-order valence-electron chi connectivity index (χ1n) is 6.19. The Hall–Kier alpha value is -1.14. The molecule has 0 aromatic carbocycles. The van der Waals surface area contributed by atoms with E-state index in [0.717, 1.165) is 0 Å². The molecular weight excluding hydrogens is 234 g/mol. The highest BCUT2D eigenvalue weighted by molar-refractivity contribution is 5.96. The van der Waals surface area contributed by atoms with Crippen LogP contribution in [0, 0.1) is 0 Å². The number of hydrogen-bond donors (Lipinski definition) is 2. The van der Waals surface area contributed by atoms with Gasteiger partial charge in [0.25, 0.3) is 0 Å². The van der Waals surface area contributed by atoms with Crippen LogP contribution < -0.4 is 10.6 Å². The van der Waals surface area contributed by atoms with Crippen LogP contribution in [0.2, 0.25) is 0 Å². The minimum atomic E-state index is -0.479. The third-order valence-corrected chi connectivity index (χ3v) is 2.99. The van der Waals surface area contributed by atoms with Gasteiger partial charge in [0.1, 0.15) is 0 Å². The average molecular weight is 257 g/mol. The van der Waals surface area contributed by atoms with Gasteiger partial charge in [-0.1, -0.05) is 0 Å². The van der Waals surface area contributed by atoms with E-state index in [-0.39, 0.29) is 23.7 Å². The van der Waals surface area contributed by atoms with Gasteiger partial charge in [-0.15, -0.1) is 0 Å². The summed E-state index contributed by atoms with van der Waals surface area (Å²) in [4.78, 5) is 25.0. The van der Waals surface area contributed by atoms with Crippen molar-refractivity contribution in [3.05, 3.63) is 0 Å². The number of nitrogens with one attached hydrogen (secondary N) is 2. The van der Waals surface area contributed by atoms with Crippen LogP contribution in [0.3, 0.4) is 0 Å². The van der Waals surface area contributed by atoms with E-state index in [1.807, 2.05) is 25.7 Å². The summed E-state index contributed by atoms with van der Waals surface area (Å²) in [7, 11) is 1.48. The molecule has 1 aliphatic heterocycles. The molecule has 2 N–H and O–H groups in total. The van der Waals surface area contributed by atoms with Gasteiger partial charge < -0.3 is 10.1 Å². The van der Waals surface area contributed by atoms with Crippen LogP contribution in [0.15, 0.2) is 0 Å². The Labute approximate surface area is 108 Å². The summed E-state index contributed by atoms with van der Waals surface area (Å²) < 4.78 is 5.78. The second-order valence-electron chi connectivity index (χ2n) is 5.36. The summed E-state index contributed by atoms with van der Waals surface area (Å²) in [6, 6.07) is -0.833. The van der Waals surface area contributed by atoms with Gasteiger partial charge in [-0.2, -0.15) is 0 Å². The van der Waals surface area contributed by atoms with Crippen LogP contribution in [0.1, 0.15) is 27.7 Å². The predicted octanol–water partition coefficient (Wildman–Crippen LogP) is 0.330. The molecule has 1 aliphatic rings. The largest absolute Gasteiger partial charge is 0.370 e. The molecule has 0 aromatic rings. The summed E-state index contributed by atoms with van der Waals surface area (Å²) >= 11 is 0. The van der Waals surface area contributed by atoms with E-state index >= 15 is 0 Å². The van der Waals surface area contributed by atoms with Gasteiger partial charge in [-0.05, 0) is 27.7 Å². The Kier molecular flexibility index (Phi) is 4.70. The SMILES string of the molecule is CNC(=O)NC(=O)C(C)N1CC(C)OC(C)(C)C1. The van der Waals surface area contributed by atoms with Crippen LogP contribution in [0.4, 0.5) is 4.79 Å². The highest BCUT2D eigenvalue weighted by Crippen LogP contribution is 2.22. The molecular formula is C12H23N3O3. The maximum Gasteiger partial charge on any atom is 0.321 e. The van der Waals surface area contributed by atoms with Crippen molar-refractivity contribution in [3.63, 3.8) is 0 Å². The van der Waals surface area contributed by atoms with Crippen LogP contribution in [0.25, 0.3) is 0 Å². The number of carbonyl (C=O) groups excluding carboxylic acids is 2. The van der Waals surface area contributed by atoms with E-state index in [0.29, 0.717) is 13.1 Å². The lowest BCUT2D eigenvalue weighted by molar-refractivity contribution is -0.147. The molecule has 6 heteroatoms. The fourth-order valence-corrected chi connectivity index (χ4v) is 2.24. The van der Waals surface area contributed by atoms with Crippen molar-refractivity contribution in [2.45, 2.75) is 45.4 Å². The Morgan fingerprint density at radius 2 is 2.06 bits per heavy atom. The molecule has 0 radical (unpaired) electrons. The highest BCUT2D eigenvalue weighted by Gasteiger charge is 2.35. The highest BCUT2D eigenvalue weighted by atomic mass is 16.5. The van der Waals surface area contributed by atoms with E-state index in [1.165, 1.54) is 7.05 Å². The number of urea groups is 1. The van der Waals surface area contributed by atoms with E-state index in [9.17, 15) is 9.59 Å². The van der Waals surface area contributed by atoms with E-state index in [2.05, 4.69) is 10.6 Å². The zero-order valence-corrected chi connectivity index (χ0v) is 11.7. The topological polar surface area (TPSA) is 70.7 Å². The summed E-state index contributed by atoms with van der Waals surface area (Å²) in [5.41, 5.74) is -0.279. The number of amides is 3. The first-order valence-corrected chi connectivity index (χ1v) is 6.19. The van der Waals surface area contributed by atoms with Gasteiger partial charge in [-0.25, -0.2) is 4.79 Å². The molecule has 0 aliphatic carbocycles. The second-order valence-corrected chi connectivity index (χ2v) is 5.36. The lowest BCUT2D eigenvalue weighted by Crippen LogP contribution is -2.58. The number of hydrogen-bond acceptors (Lipinski definition) is 4. The van der Waals surface area contributed by atoms with Crippen molar-refractivity contribution in [2.75, 3.05) is 20.1 Å². The molecule has 0 saturated carbocycles. The maximum atomic E-state index is 11.9. The molecule has 1 heterocycles. The fraction of sp³-hybridized carbons (Fsp3) is 0.833. The molecule has 2 atom stereocenters. The molecule has 18 heavy (non-hydrogen) atoms. The molecule has 104 valence electrons. The van der Waals surface area contributed by atoms with E-state index in [4.69, 9.17) is 4.74 Å². The van der Waals surface area contributed by atoms with Crippen molar-refractivity contribution in [3.8, 4) is 0 Å². The molecule has 1 saturated heterocycles. The number of imide groups is 1. The monoisotopic (exact) mass is 257 g/mol. The maximum absolute atomic E-state index is 11.9. The first kappa shape index (κ1) is 14.9. The van der Waals surface area contributed by atoms with Crippen molar-refractivity contribution in [2.24, 2.45) is 0 Å². The summed E-state index contributed by atoms with van der Waals surface area (Å²) in [6.07, 6.45) is 0.0731. The van der Waals surface area contributed by atoms with E-state index < -0.39 is 6.03 Å². The van der Waals surface area contributed by atoms with Gasteiger partial charge in [-0.3, -0.25) is 15.0 Å². The van der Waals surface area contributed by atoms with E-state index in [1.54, 1.807) is 6.92 Å². The normalized spacial score (nSPS) is 25.3. The minimum Gasteiger partial charge on any atom is -0.370 e. The van der Waals surface area contributed by atoms with Gasteiger partial charge in [0.15, 0.2) is 0 Å². The predicted molar refractivity (Wildman–Crippen MR) is 68.3 cm³/mol. The van der Waals surface area contributed by atoms with Gasteiger partial charge in [0.05, 0.1) is 17.7 Å². The lowest BCUT2D eigenvalue weighted by Gasteiger charge is -2.43. The standard InChI is InChI=1S/C12H23N3O3/c1-8-6-15(7-12(3,4)18-8)9(2)10(16)14-11(17)13-5/h8-9H,6-7H2,1-5H3,(H2,13,14,16,17). The molecule has 1 fully saturated rings. The summed E-state index contributed by atoms with van der Waals surface area (Å²) in [5.74, 6) is -0.292. The Bertz CT molecular complexity index is 331. The summed E-state index contributed by atoms with van der Waals surface area (Å²) in [6.45, 7) is 9.13. The third-order valence-electron chi connectivity index (χ3n) is 2.99. The number of ether oxygens (including phenoxy) is 1. The van der Waals surface area contributed by atoms with Crippen LogP contribution in [-0.2, 0) is 9.53 Å². The summed E-state index contributed by atoms with van der Waals surface area (Å²) in [5, 5.41) is 4.66.